The smallest absolute Gasteiger partial charge is 0.306 e. The topological polar surface area (TPSA) is 78.9 Å². The minimum Gasteiger partial charge on any atom is -0.462 e. The van der Waals surface area contributed by atoms with Gasteiger partial charge in [0.1, 0.15) is 13.2 Å². The molecule has 0 aromatic heterocycles. The summed E-state index contributed by atoms with van der Waals surface area (Å²) in [6.07, 6.45) is 58.1. The first kappa shape index (κ1) is 57.4. The minimum atomic E-state index is -0.786. The predicted octanol–water partition coefficient (Wildman–Crippen LogP) is 16.7. The molecule has 6 heteroatoms. The number of hydrogen-bond acceptors (Lipinski definition) is 6. The Balaban J connectivity index is 4.39. The molecule has 0 saturated heterocycles. The lowest BCUT2D eigenvalue weighted by Gasteiger charge is -2.18. The molecule has 0 spiro atoms. The van der Waals surface area contributed by atoms with Crippen molar-refractivity contribution in [3.63, 3.8) is 0 Å². The second-order valence-electron chi connectivity index (χ2n) is 17.1. The SMILES string of the molecule is CC/C=C\C/C=C\C/C=C\CCCCC(=O)OCC(COC(=O)CCCCCCCCC/C=C\CCCCCC)OC(=O)CCCCCCCCCCCCCCCCC. The molecule has 0 N–H and O–H groups in total. The number of hydrogen-bond donors (Lipinski definition) is 0. The second kappa shape index (κ2) is 49.0. The zero-order chi connectivity index (χ0) is 43.7. The molecule has 0 heterocycles. The molecule has 0 aliphatic rings. The molecule has 6 nitrogen and oxygen atoms in total. The van der Waals surface area contributed by atoms with Crippen LogP contribution >= 0.6 is 0 Å². The van der Waals surface area contributed by atoms with Gasteiger partial charge >= 0.3 is 17.9 Å². The molecule has 0 amide bonds. The molecule has 0 aliphatic carbocycles. The van der Waals surface area contributed by atoms with Crippen molar-refractivity contribution in [2.24, 2.45) is 0 Å². The molecule has 0 fully saturated rings. The Morgan fingerprint density at radius 2 is 0.650 bits per heavy atom. The number of carbonyl (C=O) groups excluding carboxylic acids is 3. The van der Waals surface area contributed by atoms with Crippen LogP contribution in [-0.2, 0) is 28.6 Å². The van der Waals surface area contributed by atoms with E-state index >= 15 is 0 Å². The van der Waals surface area contributed by atoms with E-state index in [1.165, 1.54) is 141 Å². The molecule has 60 heavy (non-hydrogen) atoms. The summed E-state index contributed by atoms with van der Waals surface area (Å²) >= 11 is 0. The number of esters is 3. The summed E-state index contributed by atoms with van der Waals surface area (Å²) in [6.45, 7) is 6.49. The fourth-order valence-corrected chi connectivity index (χ4v) is 7.22. The average Bonchev–Trinajstić information content (AvgIpc) is 3.24. The second-order valence-corrected chi connectivity index (χ2v) is 17.1. The van der Waals surface area contributed by atoms with Crippen molar-refractivity contribution in [2.75, 3.05) is 13.2 Å². The van der Waals surface area contributed by atoms with E-state index < -0.39 is 6.10 Å². The van der Waals surface area contributed by atoms with Gasteiger partial charge < -0.3 is 14.2 Å². The Labute approximate surface area is 371 Å². The Bertz CT molecular complexity index is 1060. The first-order valence-corrected chi connectivity index (χ1v) is 25.6. The molecule has 1 unspecified atom stereocenters. The highest BCUT2D eigenvalue weighted by Gasteiger charge is 2.19. The van der Waals surface area contributed by atoms with Crippen molar-refractivity contribution < 1.29 is 28.6 Å². The van der Waals surface area contributed by atoms with Crippen molar-refractivity contribution in [3.05, 3.63) is 48.6 Å². The lowest BCUT2D eigenvalue weighted by atomic mass is 10.0. The average molecular weight is 841 g/mol. The van der Waals surface area contributed by atoms with Crippen molar-refractivity contribution in [3.8, 4) is 0 Å². The van der Waals surface area contributed by atoms with Crippen LogP contribution in [0.1, 0.15) is 258 Å². The number of unbranched alkanes of at least 4 members (excludes halogenated alkanes) is 27. The minimum absolute atomic E-state index is 0.0853. The van der Waals surface area contributed by atoms with E-state index in [1.54, 1.807) is 0 Å². The largest absolute Gasteiger partial charge is 0.462 e. The Kier molecular flexibility index (Phi) is 46.9. The molecule has 0 radical (unpaired) electrons. The third kappa shape index (κ3) is 46.4. The first-order chi connectivity index (χ1) is 29.5. The fraction of sp³-hybridized carbons (Fsp3) is 0.796. The van der Waals surface area contributed by atoms with Crippen LogP contribution in [0.5, 0.6) is 0 Å². The van der Waals surface area contributed by atoms with Crippen LogP contribution in [0.2, 0.25) is 0 Å². The summed E-state index contributed by atoms with van der Waals surface area (Å²) in [4.78, 5) is 37.9. The van der Waals surface area contributed by atoms with Crippen LogP contribution < -0.4 is 0 Å². The lowest BCUT2D eigenvalue weighted by Crippen LogP contribution is -2.30. The molecule has 0 bridgehead atoms. The van der Waals surface area contributed by atoms with Crippen LogP contribution in [0.3, 0.4) is 0 Å². The number of allylic oxidation sites excluding steroid dienone is 8. The number of carbonyl (C=O) groups is 3. The number of rotatable bonds is 46. The standard InChI is InChI=1S/C54H96O6/c1-4-7-10-13-16-19-22-25-27-29-32-35-38-41-44-47-53(56)59-50-51(49-58-52(55)46-43-40-37-34-31-24-21-18-15-12-9-6-3)60-54(57)48-45-42-39-36-33-30-28-26-23-20-17-14-11-8-5-2/h9,12,18-19,21-22,31,34,51H,4-8,10-11,13-17,20,23-30,32-33,35-50H2,1-3H3/b12-9-,21-18-,22-19-,34-31-. The van der Waals surface area contributed by atoms with Gasteiger partial charge in [-0.05, 0) is 77.0 Å². The maximum atomic E-state index is 12.8. The summed E-state index contributed by atoms with van der Waals surface area (Å²) in [7, 11) is 0. The maximum Gasteiger partial charge on any atom is 0.306 e. The third-order valence-electron chi connectivity index (χ3n) is 11.1. The van der Waals surface area contributed by atoms with E-state index in [9.17, 15) is 14.4 Å². The molecule has 0 aromatic rings. The maximum absolute atomic E-state index is 12.8. The van der Waals surface area contributed by atoms with Gasteiger partial charge in [-0.25, -0.2) is 0 Å². The van der Waals surface area contributed by atoms with Crippen molar-refractivity contribution in [1.29, 1.82) is 0 Å². The summed E-state index contributed by atoms with van der Waals surface area (Å²) < 4.78 is 16.8. The van der Waals surface area contributed by atoms with Gasteiger partial charge in [-0.1, -0.05) is 211 Å². The first-order valence-electron chi connectivity index (χ1n) is 25.6. The highest BCUT2D eigenvalue weighted by molar-refractivity contribution is 5.71. The zero-order valence-electron chi connectivity index (χ0n) is 39.7. The predicted molar refractivity (Wildman–Crippen MR) is 256 cm³/mol. The van der Waals surface area contributed by atoms with Crippen LogP contribution in [0.25, 0.3) is 0 Å². The van der Waals surface area contributed by atoms with Crippen molar-refractivity contribution >= 4 is 17.9 Å². The molecule has 1 atom stereocenters. The van der Waals surface area contributed by atoms with Crippen LogP contribution in [0.4, 0.5) is 0 Å². The van der Waals surface area contributed by atoms with Gasteiger partial charge in [0.2, 0.25) is 0 Å². The summed E-state index contributed by atoms with van der Waals surface area (Å²) in [5.74, 6) is -0.923. The highest BCUT2D eigenvalue weighted by atomic mass is 16.6. The Hall–Kier alpha value is -2.63. The van der Waals surface area contributed by atoms with Gasteiger partial charge in [0.05, 0.1) is 0 Å². The fourth-order valence-electron chi connectivity index (χ4n) is 7.22. The van der Waals surface area contributed by atoms with E-state index in [0.717, 1.165) is 77.0 Å². The van der Waals surface area contributed by atoms with E-state index in [0.29, 0.717) is 19.3 Å². The van der Waals surface area contributed by atoms with Gasteiger partial charge in [0.15, 0.2) is 6.10 Å². The summed E-state index contributed by atoms with van der Waals surface area (Å²) in [5.41, 5.74) is 0. The Morgan fingerprint density at radius 1 is 0.350 bits per heavy atom. The molecule has 0 rings (SSSR count). The van der Waals surface area contributed by atoms with Gasteiger partial charge in [-0.15, -0.1) is 0 Å². The monoisotopic (exact) mass is 841 g/mol. The Morgan fingerprint density at radius 3 is 1.08 bits per heavy atom. The van der Waals surface area contributed by atoms with E-state index in [1.807, 2.05) is 0 Å². The van der Waals surface area contributed by atoms with Crippen LogP contribution in [0.15, 0.2) is 48.6 Å². The summed E-state index contributed by atoms with van der Waals surface area (Å²) in [5, 5.41) is 0. The van der Waals surface area contributed by atoms with Gasteiger partial charge in [0, 0.05) is 19.3 Å². The van der Waals surface area contributed by atoms with Crippen molar-refractivity contribution in [2.45, 2.75) is 264 Å². The molecule has 0 saturated carbocycles. The van der Waals surface area contributed by atoms with E-state index in [2.05, 4.69) is 69.4 Å². The van der Waals surface area contributed by atoms with Crippen LogP contribution in [0, 0.1) is 0 Å². The normalized spacial score (nSPS) is 12.4. The molecular formula is C54H96O6. The molecular weight excluding hydrogens is 745 g/mol. The molecule has 0 aromatic carbocycles. The van der Waals surface area contributed by atoms with Gasteiger partial charge in [-0.2, -0.15) is 0 Å². The number of ether oxygens (including phenoxy) is 3. The highest BCUT2D eigenvalue weighted by Crippen LogP contribution is 2.15. The van der Waals surface area contributed by atoms with Crippen molar-refractivity contribution in [1.82, 2.24) is 0 Å². The summed E-state index contributed by atoms with van der Waals surface area (Å²) in [6, 6.07) is 0. The molecule has 348 valence electrons. The zero-order valence-corrected chi connectivity index (χ0v) is 39.7. The van der Waals surface area contributed by atoms with E-state index in [4.69, 9.17) is 14.2 Å². The van der Waals surface area contributed by atoms with Gasteiger partial charge in [0.25, 0.3) is 0 Å². The van der Waals surface area contributed by atoms with Gasteiger partial charge in [-0.3, -0.25) is 14.4 Å². The lowest BCUT2D eigenvalue weighted by molar-refractivity contribution is -0.167. The van der Waals surface area contributed by atoms with E-state index in [-0.39, 0.29) is 31.1 Å². The molecule has 0 aliphatic heterocycles. The van der Waals surface area contributed by atoms with Crippen LogP contribution in [-0.4, -0.2) is 37.2 Å². The third-order valence-corrected chi connectivity index (χ3v) is 11.1. The quantitative estimate of drug-likeness (QED) is 0.0263.